The van der Waals surface area contributed by atoms with Crippen LogP contribution in [0.15, 0.2) is 17.2 Å². The lowest BCUT2D eigenvalue weighted by Gasteiger charge is -2.18. The second-order valence-electron chi connectivity index (χ2n) is 5.77. The van der Waals surface area contributed by atoms with E-state index in [9.17, 15) is 0 Å². The SMILES string of the molecule is CC(C)Oc1cc(N(Cl)N=CC(C)(C)C)c(Cl)cc1Cl. The number of hydrogen-bond donors (Lipinski definition) is 0. The summed E-state index contributed by atoms with van der Waals surface area (Å²) >= 11 is 18.4. The van der Waals surface area contributed by atoms with Gasteiger partial charge < -0.3 is 4.74 Å². The normalized spacial score (nSPS) is 12.2. The number of halogens is 3. The molecule has 0 aliphatic rings. The van der Waals surface area contributed by atoms with Gasteiger partial charge in [0.15, 0.2) is 0 Å². The van der Waals surface area contributed by atoms with E-state index in [0.29, 0.717) is 21.5 Å². The summed E-state index contributed by atoms with van der Waals surface area (Å²) in [7, 11) is 0. The van der Waals surface area contributed by atoms with Gasteiger partial charge in [-0.05, 0) is 25.3 Å². The molecule has 1 aromatic carbocycles. The van der Waals surface area contributed by atoms with Crippen LogP contribution in [0.2, 0.25) is 10.0 Å². The molecule has 20 heavy (non-hydrogen) atoms. The molecule has 0 saturated carbocycles. The van der Waals surface area contributed by atoms with Gasteiger partial charge in [0.05, 0.1) is 16.1 Å². The summed E-state index contributed by atoms with van der Waals surface area (Å²) in [6.45, 7) is 9.91. The van der Waals surface area contributed by atoms with Crippen molar-refractivity contribution in [3.63, 3.8) is 0 Å². The Kier molecular flexibility index (Phi) is 5.99. The largest absolute Gasteiger partial charge is 0.489 e. The maximum Gasteiger partial charge on any atom is 0.140 e. The number of benzene rings is 1. The van der Waals surface area contributed by atoms with Gasteiger partial charge in [0, 0.05) is 24.1 Å². The Labute approximate surface area is 135 Å². The van der Waals surface area contributed by atoms with E-state index in [1.54, 1.807) is 18.3 Å². The zero-order chi connectivity index (χ0) is 15.5. The molecule has 0 unspecified atom stereocenters. The van der Waals surface area contributed by atoms with E-state index in [1.165, 1.54) is 4.53 Å². The Hall–Kier alpha value is -0.640. The number of nitrogens with zero attached hydrogens (tertiary/aromatic N) is 2. The minimum Gasteiger partial charge on any atom is -0.489 e. The van der Waals surface area contributed by atoms with E-state index in [0.717, 1.165) is 0 Å². The number of rotatable bonds is 4. The molecule has 3 nitrogen and oxygen atoms in total. The van der Waals surface area contributed by atoms with Gasteiger partial charge in [-0.1, -0.05) is 44.0 Å². The first kappa shape index (κ1) is 17.4. The molecule has 0 aliphatic carbocycles. The molecule has 6 heteroatoms. The van der Waals surface area contributed by atoms with Gasteiger partial charge in [-0.15, -0.1) is 0 Å². The van der Waals surface area contributed by atoms with Crippen LogP contribution in [-0.4, -0.2) is 12.3 Å². The minimum absolute atomic E-state index is 0.00313. The zero-order valence-electron chi connectivity index (χ0n) is 12.2. The molecule has 0 saturated heterocycles. The molecular weight excluding hydrogens is 319 g/mol. The molecule has 0 atom stereocenters. The van der Waals surface area contributed by atoms with Gasteiger partial charge >= 0.3 is 0 Å². The predicted octanol–water partition coefficient (Wildman–Crippen LogP) is 5.77. The maximum absolute atomic E-state index is 6.14. The molecule has 0 aliphatic heterocycles. The number of hydrogen-bond acceptors (Lipinski definition) is 3. The standard InChI is InChI=1S/C14H19Cl3N2O/c1-9(2)20-13-7-12(10(15)6-11(13)16)19(17)18-8-14(3,4)5/h6-9H,1-5H3. The van der Waals surface area contributed by atoms with Crippen LogP contribution in [0.1, 0.15) is 34.6 Å². The first-order valence-corrected chi connectivity index (χ1v) is 7.36. The monoisotopic (exact) mass is 336 g/mol. The number of anilines is 1. The average molecular weight is 338 g/mol. The molecule has 0 heterocycles. The van der Waals surface area contributed by atoms with Crippen LogP contribution in [-0.2, 0) is 0 Å². The molecule has 0 amide bonds. The molecule has 112 valence electrons. The first-order chi connectivity index (χ1) is 9.10. The Morgan fingerprint density at radius 2 is 1.80 bits per heavy atom. The van der Waals surface area contributed by atoms with Crippen molar-refractivity contribution in [3.05, 3.63) is 22.2 Å². The summed E-state index contributed by atoms with van der Waals surface area (Å²) < 4.78 is 6.80. The van der Waals surface area contributed by atoms with Gasteiger partial charge in [-0.25, -0.2) is 0 Å². The van der Waals surface area contributed by atoms with E-state index in [4.69, 9.17) is 39.7 Å². The summed E-state index contributed by atoms with van der Waals surface area (Å²) in [6.07, 6.45) is 1.75. The smallest absolute Gasteiger partial charge is 0.140 e. The van der Waals surface area contributed by atoms with Crippen molar-refractivity contribution in [2.45, 2.75) is 40.7 Å². The highest BCUT2D eigenvalue weighted by Crippen LogP contribution is 2.37. The Balaban J connectivity index is 3.08. The van der Waals surface area contributed by atoms with Crippen molar-refractivity contribution in [2.75, 3.05) is 4.53 Å². The van der Waals surface area contributed by atoms with Crippen molar-refractivity contribution >= 4 is 46.9 Å². The molecule has 0 N–H and O–H groups in total. The molecule has 0 radical (unpaired) electrons. The molecule has 1 aromatic rings. The molecule has 1 rings (SSSR count). The van der Waals surface area contributed by atoms with Crippen LogP contribution in [0.4, 0.5) is 5.69 Å². The van der Waals surface area contributed by atoms with Crippen LogP contribution >= 0.6 is 35.0 Å². The van der Waals surface area contributed by atoms with E-state index in [1.807, 2.05) is 34.6 Å². The zero-order valence-corrected chi connectivity index (χ0v) is 14.5. The third-order valence-electron chi connectivity index (χ3n) is 2.11. The molecule has 0 spiro atoms. The second-order valence-corrected chi connectivity index (χ2v) is 6.91. The van der Waals surface area contributed by atoms with Gasteiger partial charge in [0.25, 0.3) is 0 Å². The number of hydrazone groups is 1. The van der Waals surface area contributed by atoms with Gasteiger partial charge in [-0.3, -0.25) is 0 Å². The molecular formula is C14H19Cl3N2O. The lowest BCUT2D eigenvalue weighted by molar-refractivity contribution is 0.242. The van der Waals surface area contributed by atoms with Crippen LogP contribution in [0.25, 0.3) is 0 Å². The lowest BCUT2D eigenvalue weighted by atomic mass is 9.99. The van der Waals surface area contributed by atoms with Crippen molar-refractivity contribution < 1.29 is 4.74 Å². The quantitative estimate of drug-likeness (QED) is 0.395. The van der Waals surface area contributed by atoms with Crippen LogP contribution < -0.4 is 9.26 Å². The maximum atomic E-state index is 6.14. The summed E-state index contributed by atoms with van der Waals surface area (Å²) in [5.41, 5.74) is 0.442. The Morgan fingerprint density at radius 1 is 1.20 bits per heavy atom. The first-order valence-electron chi connectivity index (χ1n) is 6.27. The van der Waals surface area contributed by atoms with Gasteiger partial charge in [0.2, 0.25) is 0 Å². The van der Waals surface area contributed by atoms with Gasteiger partial charge in [-0.2, -0.15) is 9.63 Å². The Morgan fingerprint density at radius 3 is 2.30 bits per heavy atom. The molecule has 0 aromatic heterocycles. The van der Waals surface area contributed by atoms with Crippen molar-refractivity contribution in [1.82, 2.24) is 0 Å². The van der Waals surface area contributed by atoms with Crippen LogP contribution in [0, 0.1) is 5.41 Å². The fourth-order valence-corrected chi connectivity index (χ4v) is 2.02. The highest BCUT2D eigenvalue weighted by atomic mass is 35.5. The third kappa shape index (κ3) is 5.39. The fraction of sp³-hybridized carbons (Fsp3) is 0.500. The number of ether oxygens (including phenoxy) is 1. The second kappa shape index (κ2) is 6.88. The summed E-state index contributed by atoms with van der Waals surface area (Å²) in [5.74, 6) is 0.526. The van der Waals surface area contributed by atoms with Crippen molar-refractivity contribution in [3.8, 4) is 5.75 Å². The van der Waals surface area contributed by atoms with E-state index in [2.05, 4.69) is 5.10 Å². The van der Waals surface area contributed by atoms with E-state index < -0.39 is 0 Å². The summed E-state index contributed by atoms with van der Waals surface area (Å²) in [6, 6.07) is 3.27. The van der Waals surface area contributed by atoms with Crippen molar-refractivity contribution in [2.24, 2.45) is 10.5 Å². The summed E-state index contributed by atoms with van der Waals surface area (Å²) in [5, 5.41) is 5.02. The molecule has 0 fully saturated rings. The van der Waals surface area contributed by atoms with Crippen LogP contribution in [0.5, 0.6) is 5.75 Å². The highest BCUT2D eigenvalue weighted by Gasteiger charge is 2.15. The fourth-order valence-electron chi connectivity index (χ4n) is 1.29. The van der Waals surface area contributed by atoms with E-state index in [-0.39, 0.29) is 11.5 Å². The molecule has 0 bridgehead atoms. The average Bonchev–Trinajstić information content (AvgIpc) is 2.28. The van der Waals surface area contributed by atoms with E-state index >= 15 is 0 Å². The third-order valence-corrected chi connectivity index (χ3v) is 2.98. The van der Waals surface area contributed by atoms with Gasteiger partial charge in [0.1, 0.15) is 11.4 Å². The minimum atomic E-state index is -0.0801. The van der Waals surface area contributed by atoms with Crippen molar-refractivity contribution in [1.29, 1.82) is 0 Å². The summed E-state index contributed by atoms with van der Waals surface area (Å²) in [4.78, 5) is 0. The topological polar surface area (TPSA) is 24.8 Å². The highest BCUT2D eigenvalue weighted by molar-refractivity contribution is 6.39. The Bertz CT molecular complexity index is 496. The van der Waals surface area contributed by atoms with Crippen LogP contribution in [0.3, 0.4) is 0 Å². The lowest BCUT2D eigenvalue weighted by Crippen LogP contribution is -2.11. The predicted molar refractivity (Wildman–Crippen MR) is 88.5 cm³/mol.